The molecule has 1 unspecified atom stereocenters. The van der Waals surface area contributed by atoms with Gasteiger partial charge in [0, 0.05) is 21.9 Å². The van der Waals surface area contributed by atoms with Gasteiger partial charge in [-0.05, 0) is 104 Å². The molecule has 2 aromatic carbocycles. The van der Waals surface area contributed by atoms with Crippen LogP contribution in [0.5, 0.6) is 5.75 Å². The molecule has 0 radical (unpaired) electrons. The number of hydrogen-bond donors (Lipinski definition) is 3. The van der Waals surface area contributed by atoms with Crippen molar-refractivity contribution in [3.8, 4) is 40.5 Å². The second kappa shape index (κ2) is 20.8. The lowest BCUT2D eigenvalue weighted by molar-refractivity contribution is -0.162. The number of carbonyl (C=O) groups is 4. The van der Waals surface area contributed by atoms with Crippen LogP contribution in [0.15, 0.2) is 58.0 Å². The van der Waals surface area contributed by atoms with E-state index in [0.29, 0.717) is 27.9 Å². The number of aromatic nitrogens is 2. The van der Waals surface area contributed by atoms with Crippen LogP contribution < -0.4 is 21.1 Å². The highest BCUT2D eigenvalue weighted by molar-refractivity contribution is 7.98. The molecule has 0 bridgehead atoms. The average Bonchev–Trinajstić information content (AvgIpc) is 3.56. The Morgan fingerprint density at radius 1 is 0.823 bits per heavy atom. The molecular weight excluding hydrogens is 842 g/mol. The fourth-order valence-electron chi connectivity index (χ4n) is 5.28. The highest BCUT2D eigenvalue weighted by Crippen LogP contribution is 2.38. The Labute approximate surface area is 368 Å². The molecule has 4 aromatic rings. The van der Waals surface area contributed by atoms with Gasteiger partial charge in [0.15, 0.2) is 6.10 Å². The van der Waals surface area contributed by atoms with Crippen molar-refractivity contribution in [2.24, 2.45) is 0 Å². The zero-order valence-corrected chi connectivity index (χ0v) is 37.3. The average molecular weight is 890 g/mol. The SMILES string of the molecule is Cc1oc(-c2ccc(Cl)cc2)nc1CSc1nc(N)c(C#N)c(-c2ccc(OC[C@@H](COC(=O)[C@H](C)NC(=O)OC(C)(C)C)OC(=O)C(C)NC(=O)OC(C)(C)C)cc2)c1C#N. The predicted molar refractivity (Wildman–Crippen MR) is 229 cm³/mol. The Hall–Kier alpha value is -6.50. The quantitative estimate of drug-likeness (QED) is 0.0589. The van der Waals surface area contributed by atoms with Crippen molar-refractivity contribution >= 4 is 53.3 Å². The maximum atomic E-state index is 13.1. The summed E-state index contributed by atoms with van der Waals surface area (Å²) in [6.45, 7) is 13.7. The standard InChI is InChI=1S/C43H48ClN7O10S/c1-23(48-40(54)60-42(4,5)6)38(52)57-21-30(59-39(53)24(2)49-41(55)61-43(7,8)9)20-56-29-16-12-26(13-17-29)34-31(18-45)35(47)51-37(32(34)19-46)62-22-33-25(3)58-36(50-33)27-10-14-28(44)15-11-27/h10-17,23-24,30H,20-22H2,1-9H3,(H2,47,51)(H,48,54)(H,49,55)/t23-,24?,30-/m0/s1. The molecule has 0 spiro atoms. The van der Waals surface area contributed by atoms with E-state index < -0.39 is 60.1 Å². The van der Waals surface area contributed by atoms with Crippen LogP contribution in [-0.4, -0.2) is 76.7 Å². The van der Waals surface area contributed by atoms with Crippen LogP contribution in [-0.2, 0) is 34.3 Å². The summed E-state index contributed by atoms with van der Waals surface area (Å²) in [5, 5.41) is 26.1. The number of ether oxygens (including phenoxy) is 5. The Kier molecular flexibility index (Phi) is 16.2. The Bertz CT molecular complexity index is 2340. The van der Waals surface area contributed by atoms with E-state index in [1.807, 2.05) is 0 Å². The second-order valence-corrected chi connectivity index (χ2v) is 17.1. The molecule has 0 saturated carbocycles. The zero-order valence-electron chi connectivity index (χ0n) is 35.7. The molecule has 0 aliphatic rings. The number of nitrogens with zero attached hydrogens (tertiary/aromatic N) is 4. The largest absolute Gasteiger partial charge is 0.490 e. The number of rotatable bonds is 15. The molecule has 2 aromatic heterocycles. The van der Waals surface area contributed by atoms with Crippen molar-refractivity contribution < 1.29 is 47.3 Å². The van der Waals surface area contributed by atoms with E-state index in [0.717, 1.165) is 5.56 Å². The van der Waals surface area contributed by atoms with E-state index in [2.05, 4.69) is 32.7 Å². The van der Waals surface area contributed by atoms with Crippen molar-refractivity contribution in [2.75, 3.05) is 18.9 Å². The van der Waals surface area contributed by atoms with Gasteiger partial charge < -0.3 is 44.5 Å². The first-order valence-corrected chi connectivity index (χ1v) is 20.5. The summed E-state index contributed by atoms with van der Waals surface area (Å²) < 4.78 is 33.2. The first kappa shape index (κ1) is 48.2. The van der Waals surface area contributed by atoms with Crippen molar-refractivity contribution in [1.82, 2.24) is 20.6 Å². The van der Waals surface area contributed by atoms with Crippen molar-refractivity contribution in [2.45, 2.75) is 102 Å². The molecule has 17 nitrogen and oxygen atoms in total. The predicted octanol–water partition coefficient (Wildman–Crippen LogP) is 7.64. The maximum absolute atomic E-state index is 13.1. The number of carbonyl (C=O) groups excluding carboxylic acids is 4. The number of nitrogens with two attached hydrogens (primary N) is 1. The Balaban J connectivity index is 1.51. The van der Waals surface area contributed by atoms with E-state index in [-0.39, 0.29) is 45.6 Å². The highest BCUT2D eigenvalue weighted by atomic mass is 35.5. The van der Waals surface area contributed by atoms with Crippen LogP contribution in [0.4, 0.5) is 15.4 Å². The van der Waals surface area contributed by atoms with Gasteiger partial charge in [-0.2, -0.15) is 10.5 Å². The van der Waals surface area contributed by atoms with Gasteiger partial charge in [-0.3, -0.25) is 0 Å². The van der Waals surface area contributed by atoms with E-state index in [1.165, 1.54) is 25.6 Å². The molecule has 3 atom stereocenters. The van der Waals surface area contributed by atoms with Crippen LogP contribution in [0.1, 0.15) is 78.0 Å². The van der Waals surface area contributed by atoms with E-state index in [4.69, 9.17) is 45.4 Å². The fraction of sp³-hybridized carbons (Fsp3) is 0.395. The normalized spacial score (nSPS) is 12.7. The minimum Gasteiger partial charge on any atom is -0.490 e. The first-order chi connectivity index (χ1) is 29.1. The van der Waals surface area contributed by atoms with E-state index in [9.17, 15) is 29.7 Å². The number of hydrogen-bond acceptors (Lipinski definition) is 16. The van der Waals surface area contributed by atoms with Gasteiger partial charge in [-0.25, -0.2) is 29.1 Å². The Morgan fingerprint density at radius 2 is 1.37 bits per heavy atom. The van der Waals surface area contributed by atoms with E-state index in [1.54, 1.807) is 97.0 Å². The molecule has 0 aliphatic carbocycles. The van der Waals surface area contributed by atoms with Crippen molar-refractivity contribution in [1.29, 1.82) is 10.5 Å². The summed E-state index contributed by atoms with van der Waals surface area (Å²) in [7, 11) is 0. The number of benzene rings is 2. The Morgan fingerprint density at radius 3 is 1.92 bits per heavy atom. The number of anilines is 1. The number of alkyl carbamates (subject to hydrolysis) is 2. The van der Waals surface area contributed by atoms with E-state index >= 15 is 0 Å². The third-order valence-electron chi connectivity index (χ3n) is 8.19. The number of aryl methyl sites for hydroxylation is 1. The minimum absolute atomic E-state index is 0.000463. The molecule has 19 heteroatoms. The van der Waals surface area contributed by atoms with Crippen LogP contribution >= 0.6 is 23.4 Å². The molecule has 328 valence electrons. The van der Waals surface area contributed by atoms with Gasteiger partial charge in [0.25, 0.3) is 0 Å². The molecule has 2 heterocycles. The molecule has 0 fully saturated rings. The van der Waals surface area contributed by atoms with Crippen molar-refractivity contribution in [3.05, 3.63) is 76.1 Å². The molecule has 4 rings (SSSR count). The van der Waals surface area contributed by atoms with Gasteiger partial charge in [0.2, 0.25) is 5.89 Å². The summed E-state index contributed by atoms with van der Waals surface area (Å²) >= 11 is 7.23. The van der Waals surface area contributed by atoms with Gasteiger partial charge in [0.05, 0.1) is 11.3 Å². The number of nitriles is 2. The molecule has 0 saturated heterocycles. The first-order valence-electron chi connectivity index (χ1n) is 19.2. The summed E-state index contributed by atoms with van der Waals surface area (Å²) in [6, 6.07) is 15.3. The van der Waals surface area contributed by atoms with Crippen molar-refractivity contribution in [3.63, 3.8) is 0 Å². The molecule has 0 aliphatic heterocycles. The summed E-state index contributed by atoms with van der Waals surface area (Å²) in [6.07, 6.45) is -2.88. The lowest BCUT2D eigenvalue weighted by Gasteiger charge is -2.24. The zero-order chi connectivity index (χ0) is 45.9. The topological polar surface area (TPSA) is 251 Å². The van der Waals surface area contributed by atoms with Gasteiger partial charge in [-0.1, -0.05) is 35.5 Å². The molecule has 2 amide bonds. The maximum Gasteiger partial charge on any atom is 0.408 e. The van der Waals surface area contributed by atoms with Gasteiger partial charge >= 0.3 is 24.1 Å². The number of esters is 2. The molecule has 62 heavy (non-hydrogen) atoms. The third-order valence-corrected chi connectivity index (χ3v) is 9.43. The van der Waals surface area contributed by atoms with Crippen LogP contribution in [0.25, 0.3) is 22.6 Å². The second-order valence-electron chi connectivity index (χ2n) is 15.7. The molecule has 4 N–H and O–H groups in total. The van der Waals surface area contributed by atoms with Crippen LogP contribution in [0, 0.1) is 29.6 Å². The summed E-state index contributed by atoms with van der Waals surface area (Å²) in [5.41, 5.74) is 6.83. The highest BCUT2D eigenvalue weighted by Gasteiger charge is 2.28. The minimum atomic E-state index is -1.20. The number of amides is 2. The summed E-state index contributed by atoms with van der Waals surface area (Å²) in [4.78, 5) is 59.4. The third kappa shape index (κ3) is 14.0. The van der Waals surface area contributed by atoms with Crippen LogP contribution in [0.2, 0.25) is 5.02 Å². The number of thioether (sulfide) groups is 1. The fourth-order valence-corrected chi connectivity index (χ4v) is 6.40. The smallest absolute Gasteiger partial charge is 0.408 e. The lowest BCUT2D eigenvalue weighted by Crippen LogP contribution is -2.45. The number of nitrogens with one attached hydrogen (secondary N) is 2. The monoisotopic (exact) mass is 889 g/mol. The lowest BCUT2D eigenvalue weighted by atomic mass is 9.97. The number of halogens is 1. The van der Waals surface area contributed by atoms with Gasteiger partial charge in [-0.15, -0.1) is 0 Å². The van der Waals surface area contributed by atoms with Gasteiger partial charge in [0.1, 0.15) is 76.6 Å². The van der Waals surface area contributed by atoms with Crippen LogP contribution in [0.3, 0.4) is 0 Å². The number of oxazole rings is 1. The number of nitrogen functional groups attached to an aromatic ring is 1. The number of pyridine rings is 1. The summed E-state index contributed by atoms with van der Waals surface area (Å²) in [5.74, 6) is -0.281. The molecular formula is C43H48ClN7O10S.